The summed E-state index contributed by atoms with van der Waals surface area (Å²) in [6.07, 6.45) is -0.0346. The SMILES string of the molecule is CCN1C(=O)C(CC(=O)Nc2ccccc2C#N)SC1=Nc1ccc(Cl)cc1Cl. The Labute approximate surface area is 182 Å². The summed E-state index contributed by atoms with van der Waals surface area (Å²) in [5, 5.41) is 12.6. The van der Waals surface area contributed by atoms with Crippen LogP contribution in [-0.4, -0.2) is 33.7 Å². The lowest BCUT2D eigenvalue weighted by molar-refractivity contribution is -0.128. The Morgan fingerprint density at radius 2 is 2.07 bits per heavy atom. The summed E-state index contributed by atoms with van der Waals surface area (Å²) in [4.78, 5) is 31.2. The number of halogens is 2. The van der Waals surface area contributed by atoms with Gasteiger partial charge in [0.05, 0.1) is 22.0 Å². The molecule has 6 nitrogen and oxygen atoms in total. The Bertz CT molecular complexity index is 1040. The molecule has 2 aromatic rings. The standard InChI is InChI=1S/C20H16Cl2N4O2S/c1-2-26-19(28)17(10-18(27)24-15-6-4-3-5-12(15)11-23)29-20(26)25-16-8-7-13(21)9-14(16)22/h3-9,17H,2,10H2,1H3,(H,24,27). The zero-order valence-corrected chi connectivity index (χ0v) is 17.7. The van der Waals surface area contributed by atoms with Crippen LogP contribution in [0.1, 0.15) is 18.9 Å². The van der Waals surface area contributed by atoms with E-state index in [4.69, 9.17) is 28.5 Å². The first kappa shape index (κ1) is 21.2. The number of nitrogens with zero attached hydrogens (tertiary/aromatic N) is 3. The van der Waals surface area contributed by atoms with Gasteiger partial charge in [-0.25, -0.2) is 4.99 Å². The second-order valence-corrected chi connectivity index (χ2v) is 8.10. The molecule has 0 radical (unpaired) electrons. The molecule has 1 N–H and O–H groups in total. The molecule has 1 aliphatic rings. The van der Waals surface area contributed by atoms with Crippen molar-refractivity contribution in [3.8, 4) is 6.07 Å². The highest BCUT2D eigenvalue weighted by Crippen LogP contribution is 2.34. The van der Waals surface area contributed by atoms with Gasteiger partial charge in [0.1, 0.15) is 11.3 Å². The van der Waals surface area contributed by atoms with E-state index >= 15 is 0 Å². The maximum Gasteiger partial charge on any atom is 0.242 e. The van der Waals surface area contributed by atoms with Crippen molar-refractivity contribution < 1.29 is 9.59 Å². The maximum absolute atomic E-state index is 12.7. The number of para-hydroxylation sites is 1. The zero-order chi connectivity index (χ0) is 21.0. The van der Waals surface area contributed by atoms with Crippen molar-refractivity contribution in [3.63, 3.8) is 0 Å². The Morgan fingerprint density at radius 1 is 1.31 bits per heavy atom. The number of carbonyl (C=O) groups is 2. The molecule has 0 aromatic heterocycles. The van der Waals surface area contributed by atoms with Crippen molar-refractivity contribution in [2.24, 2.45) is 4.99 Å². The zero-order valence-electron chi connectivity index (χ0n) is 15.4. The fourth-order valence-corrected chi connectivity index (χ4v) is 4.42. The first-order valence-electron chi connectivity index (χ1n) is 8.73. The highest BCUT2D eigenvalue weighted by molar-refractivity contribution is 8.15. The van der Waals surface area contributed by atoms with Crippen molar-refractivity contribution in [2.75, 3.05) is 11.9 Å². The van der Waals surface area contributed by atoms with Gasteiger partial charge in [-0.3, -0.25) is 14.5 Å². The van der Waals surface area contributed by atoms with E-state index in [1.807, 2.05) is 13.0 Å². The molecule has 0 bridgehead atoms. The van der Waals surface area contributed by atoms with E-state index in [1.54, 1.807) is 42.5 Å². The molecule has 0 saturated carbocycles. The predicted molar refractivity (Wildman–Crippen MR) is 117 cm³/mol. The number of hydrogen-bond acceptors (Lipinski definition) is 5. The van der Waals surface area contributed by atoms with Gasteiger partial charge in [0, 0.05) is 18.0 Å². The number of rotatable bonds is 5. The van der Waals surface area contributed by atoms with Gasteiger partial charge in [0.25, 0.3) is 0 Å². The van der Waals surface area contributed by atoms with E-state index in [-0.39, 0.29) is 18.2 Å². The average Bonchev–Trinajstić information content (AvgIpc) is 2.98. The molecule has 0 spiro atoms. The molecular formula is C20H16Cl2N4O2S. The Kier molecular flexibility index (Phi) is 6.80. The summed E-state index contributed by atoms with van der Waals surface area (Å²) in [6, 6.07) is 13.7. The molecule has 2 amide bonds. The molecule has 0 aliphatic carbocycles. The van der Waals surface area contributed by atoms with Crippen LogP contribution in [0.2, 0.25) is 10.0 Å². The number of amides is 2. The topological polar surface area (TPSA) is 85.6 Å². The first-order valence-corrected chi connectivity index (χ1v) is 10.4. The van der Waals surface area contributed by atoms with Crippen molar-refractivity contribution in [1.82, 2.24) is 4.90 Å². The molecule has 1 unspecified atom stereocenters. The van der Waals surface area contributed by atoms with Gasteiger partial charge in [-0.2, -0.15) is 5.26 Å². The normalized spacial score (nSPS) is 17.4. The summed E-state index contributed by atoms with van der Waals surface area (Å²) in [7, 11) is 0. The van der Waals surface area contributed by atoms with E-state index in [2.05, 4.69) is 10.3 Å². The minimum absolute atomic E-state index is 0.0346. The summed E-state index contributed by atoms with van der Waals surface area (Å²) in [6.45, 7) is 2.26. The second-order valence-electron chi connectivity index (χ2n) is 6.09. The Morgan fingerprint density at radius 3 is 2.76 bits per heavy atom. The van der Waals surface area contributed by atoms with Crippen molar-refractivity contribution in [1.29, 1.82) is 5.26 Å². The van der Waals surface area contributed by atoms with Gasteiger partial charge < -0.3 is 5.32 Å². The molecule has 1 aliphatic heterocycles. The summed E-state index contributed by atoms with van der Waals surface area (Å²) in [5.41, 5.74) is 1.28. The van der Waals surface area contributed by atoms with Crippen LogP contribution in [0.4, 0.5) is 11.4 Å². The van der Waals surface area contributed by atoms with E-state index in [9.17, 15) is 9.59 Å². The van der Waals surface area contributed by atoms with Gasteiger partial charge in [-0.1, -0.05) is 47.1 Å². The monoisotopic (exact) mass is 446 g/mol. The van der Waals surface area contributed by atoms with Crippen LogP contribution < -0.4 is 5.32 Å². The number of carbonyl (C=O) groups excluding carboxylic acids is 2. The molecule has 148 valence electrons. The Hall–Kier alpha value is -2.53. The van der Waals surface area contributed by atoms with E-state index in [0.29, 0.717) is 38.7 Å². The highest BCUT2D eigenvalue weighted by atomic mass is 35.5. The molecule has 9 heteroatoms. The van der Waals surface area contributed by atoms with Crippen LogP contribution >= 0.6 is 35.0 Å². The molecule has 1 heterocycles. The first-order chi connectivity index (χ1) is 13.9. The van der Waals surface area contributed by atoms with Gasteiger partial charge in [-0.05, 0) is 37.3 Å². The number of hydrogen-bond donors (Lipinski definition) is 1. The van der Waals surface area contributed by atoms with Gasteiger partial charge in [-0.15, -0.1) is 0 Å². The number of anilines is 1. The fraction of sp³-hybridized carbons (Fsp3) is 0.200. The van der Waals surface area contributed by atoms with Crippen LogP contribution in [0.3, 0.4) is 0 Å². The lowest BCUT2D eigenvalue weighted by atomic mass is 10.2. The van der Waals surface area contributed by atoms with Gasteiger partial charge in [0.2, 0.25) is 11.8 Å². The van der Waals surface area contributed by atoms with Crippen molar-refractivity contribution >= 4 is 63.3 Å². The van der Waals surface area contributed by atoms with Crippen LogP contribution in [0.25, 0.3) is 0 Å². The number of nitriles is 1. The Balaban J connectivity index is 1.75. The molecule has 1 fully saturated rings. The third-order valence-electron chi connectivity index (χ3n) is 4.15. The molecule has 1 saturated heterocycles. The van der Waals surface area contributed by atoms with Gasteiger partial charge >= 0.3 is 0 Å². The van der Waals surface area contributed by atoms with E-state index in [0.717, 1.165) is 0 Å². The molecule has 1 atom stereocenters. The number of nitrogens with one attached hydrogen (secondary N) is 1. The lowest BCUT2D eigenvalue weighted by Crippen LogP contribution is -2.33. The van der Waals surface area contributed by atoms with Crippen molar-refractivity contribution in [2.45, 2.75) is 18.6 Å². The van der Waals surface area contributed by atoms with Crippen LogP contribution in [0.15, 0.2) is 47.5 Å². The quantitative estimate of drug-likeness (QED) is 0.711. The smallest absolute Gasteiger partial charge is 0.242 e. The largest absolute Gasteiger partial charge is 0.325 e. The number of aliphatic imine (C=N–C) groups is 1. The molecular weight excluding hydrogens is 431 g/mol. The summed E-state index contributed by atoms with van der Waals surface area (Å²) < 4.78 is 0. The number of benzene rings is 2. The number of thioether (sulfide) groups is 1. The molecule has 29 heavy (non-hydrogen) atoms. The average molecular weight is 447 g/mol. The van der Waals surface area contributed by atoms with E-state index < -0.39 is 5.25 Å². The molecule has 3 rings (SSSR count). The maximum atomic E-state index is 12.7. The minimum Gasteiger partial charge on any atom is -0.325 e. The fourth-order valence-electron chi connectivity index (χ4n) is 2.75. The van der Waals surface area contributed by atoms with Gasteiger partial charge in [0.15, 0.2) is 5.17 Å². The third-order valence-corrected chi connectivity index (χ3v) is 5.87. The second kappa shape index (κ2) is 9.31. The van der Waals surface area contributed by atoms with E-state index in [1.165, 1.54) is 16.7 Å². The van der Waals surface area contributed by atoms with Crippen LogP contribution in [0.5, 0.6) is 0 Å². The number of amidine groups is 1. The highest BCUT2D eigenvalue weighted by Gasteiger charge is 2.38. The summed E-state index contributed by atoms with van der Waals surface area (Å²) >= 11 is 13.3. The van der Waals surface area contributed by atoms with Crippen LogP contribution in [0, 0.1) is 11.3 Å². The van der Waals surface area contributed by atoms with Crippen molar-refractivity contribution in [3.05, 3.63) is 58.1 Å². The van der Waals surface area contributed by atoms with Crippen LogP contribution in [-0.2, 0) is 9.59 Å². The molecule has 2 aromatic carbocycles. The lowest BCUT2D eigenvalue weighted by Gasteiger charge is -2.13. The summed E-state index contributed by atoms with van der Waals surface area (Å²) in [5.74, 6) is -0.537. The third kappa shape index (κ3) is 4.91. The minimum atomic E-state index is -0.603. The predicted octanol–water partition coefficient (Wildman–Crippen LogP) is 4.85.